The molecular weight excluding hydrogens is 268 g/mol. The first-order valence-corrected chi connectivity index (χ1v) is 9.67. The zero-order valence-corrected chi connectivity index (χ0v) is 14.1. The largest absolute Gasteiger partial charge is 0.315 e. The number of nitrogens with two attached hydrogens (primary N) is 1. The van der Waals surface area contributed by atoms with Crippen molar-refractivity contribution in [1.82, 2.24) is 5.32 Å². The summed E-state index contributed by atoms with van der Waals surface area (Å²) in [5, 5.41) is 3.61. The maximum absolute atomic E-state index is 6.33. The highest BCUT2D eigenvalue weighted by Gasteiger charge is 2.23. The van der Waals surface area contributed by atoms with E-state index >= 15 is 0 Å². The Morgan fingerprint density at radius 3 is 2.64 bits per heavy atom. The highest BCUT2D eigenvalue weighted by molar-refractivity contribution is 5.11. The van der Waals surface area contributed by atoms with E-state index < -0.39 is 0 Å². The van der Waals surface area contributed by atoms with E-state index in [0.29, 0.717) is 5.92 Å². The summed E-state index contributed by atoms with van der Waals surface area (Å²) in [6.07, 6.45) is 22.4. The normalized spacial score (nSPS) is 31.8. The first-order chi connectivity index (χ1) is 10.8. The van der Waals surface area contributed by atoms with E-state index in [-0.39, 0.29) is 6.17 Å². The van der Waals surface area contributed by atoms with Gasteiger partial charge in [0.25, 0.3) is 0 Å². The van der Waals surface area contributed by atoms with Gasteiger partial charge in [0.15, 0.2) is 0 Å². The molecule has 3 rings (SSSR count). The second-order valence-electron chi connectivity index (χ2n) is 7.71. The standard InChI is InChI=1S/C20H34N2/c21-20(19-9-5-2-6-10-19)22-15-16-11-13-18(14-12-16)17-7-3-1-4-8-17/h5,9,13,16-17,19-20,22H,1-4,6-8,10-12,14-15,21H2/t16?,19-,20?/m1/s1. The molecule has 0 radical (unpaired) electrons. The Morgan fingerprint density at radius 1 is 1.09 bits per heavy atom. The van der Waals surface area contributed by atoms with Crippen LogP contribution in [0.4, 0.5) is 0 Å². The molecular formula is C20H34N2. The van der Waals surface area contributed by atoms with Crippen molar-refractivity contribution < 1.29 is 0 Å². The summed E-state index contributed by atoms with van der Waals surface area (Å²) in [7, 11) is 0. The van der Waals surface area contributed by atoms with E-state index in [9.17, 15) is 0 Å². The average Bonchev–Trinajstić information content (AvgIpc) is 2.61. The zero-order chi connectivity index (χ0) is 15.2. The third-order valence-electron chi connectivity index (χ3n) is 6.08. The number of nitrogens with one attached hydrogen (secondary N) is 1. The topological polar surface area (TPSA) is 38.0 Å². The molecule has 0 saturated heterocycles. The average molecular weight is 303 g/mol. The highest BCUT2D eigenvalue weighted by atomic mass is 15.0. The smallest absolute Gasteiger partial charge is 0.0610 e. The predicted octanol–water partition coefficient (Wildman–Crippen LogP) is 4.52. The van der Waals surface area contributed by atoms with Gasteiger partial charge >= 0.3 is 0 Å². The van der Waals surface area contributed by atoms with Crippen LogP contribution >= 0.6 is 0 Å². The van der Waals surface area contributed by atoms with Crippen LogP contribution in [0.1, 0.15) is 70.6 Å². The molecule has 22 heavy (non-hydrogen) atoms. The van der Waals surface area contributed by atoms with Crippen molar-refractivity contribution in [2.45, 2.75) is 76.8 Å². The molecule has 0 aromatic heterocycles. The summed E-state index contributed by atoms with van der Waals surface area (Å²) >= 11 is 0. The maximum Gasteiger partial charge on any atom is 0.0610 e. The van der Waals surface area contributed by atoms with E-state index in [2.05, 4.69) is 23.5 Å². The van der Waals surface area contributed by atoms with E-state index in [4.69, 9.17) is 5.73 Å². The monoisotopic (exact) mass is 302 g/mol. The van der Waals surface area contributed by atoms with Crippen LogP contribution in [0.2, 0.25) is 0 Å². The van der Waals surface area contributed by atoms with Crippen molar-refractivity contribution in [3.63, 3.8) is 0 Å². The van der Waals surface area contributed by atoms with Crippen molar-refractivity contribution in [3.05, 3.63) is 23.8 Å². The van der Waals surface area contributed by atoms with Gasteiger partial charge < -0.3 is 11.1 Å². The molecule has 2 unspecified atom stereocenters. The van der Waals surface area contributed by atoms with Crippen LogP contribution in [0.15, 0.2) is 23.8 Å². The third kappa shape index (κ3) is 4.45. The molecule has 1 fully saturated rings. The van der Waals surface area contributed by atoms with Crippen LogP contribution in [0.25, 0.3) is 0 Å². The minimum absolute atomic E-state index is 0.153. The number of hydrogen-bond donors (Lipinski definition) is 2. The summed E-state index contributed by atoms with van der Waals surface area (Å²) in [5.74, 6) is 2.27. The fraction of sp³-hybridized carbons (Fsp3) is 0.800. The van der Waals surface area contributed by atoms with E-state index in [1.807, 2.05) is 0 Å². The summed E-state index contributed by atoms with van der Waals surface area (Å²) in [4.78, 5) is 0. The molecule has 1 saturated carbocycles. The lowest BCUT2D eigenvalue weighted by molar-refractivity contribution is 0.328. The zero-order valence-electron chi connectivity index (χ0n) is 14.1. The lowest BCUT2D eigenvalue weighted by atomic mass is 9.77. The molecule has 0 aliphatic heterocycles. The van der Waals surface area contributed by atoms with Crippen LogP contribution in [-0.2, 0) is 0 Å². The van der Waals surface area contributed by atoms with Gasteiger partial charge in [-0.2, -0.15) is 0 Å². The summed E-state index contributed by atoms with van der Waals surface area (Å²) in [6, 6.07) is 0. The van der Waals surface area contributed by atoms with Gasteiger partial charge in [-0.25, -0.2) is 0 Å². The Labute approximate surface area is 136 Å². The lowest BCUT2D eigenvalue weighted by Gasteiger charge is -2.31. The van der Waals surface area contributed by atoms with Gasteiger partial charge in [-0.3, -0.25) is 0 Å². The van der Waals surface area contributed by atoms with Crippen LogP contribution in [-0.4, -0.2) is 12.7 Å². The number of allylic oxidation sites excluding steroid dienone is 3. The van der Waals surface area contributed by atoms with Crippen molar-refractivity contribution in [2.75, 3.05) is 6.54 Å². The second-order valence-corrected chi connectivity index (χ2v) is 7.71. The molecule has 3 atom stereocenters. The van der Waals surface area contributed by atoms with Crippen LogP contribution in [0, 0.1) is 17.8 Å². The number of hydrogen-bond acceptors (Lipinski definition) is 2. The minimum atomic E-state index is 0.153. The van der Waals surface area contributed by atoms with Crippen molar-refractivity contribution in [1.29, 1.82) is 0 Å². The van der Waals surface area contributed by atoms with Gasteiger partial charge in [0.05, 0.1) is 6.17 Å². The first-order valence-electron chi connectivity index (χ1n) is 9.67. The fourth-order valence-electron chi connectivity index (χ4n) is 4.53. The lowest BCUT2D eigenvalue weighted by Crippen LogP contribution is -2.45. The first kappa shape index (κ1) is 16.3. The molecule has 124 valence electrons. The Kier molecular flexibility index (Phi) is 6.14. The van der Waals surface area contributed by atoms with Crippen molar-refractivity contribution >= 4 is 0 Å². The van der Waals surface area contributed by atoms with Gasteiger partial charge in [-0.1, -0.05) is 43.1 Å². The molecule has 0 aromatic carbocycles. The van der Waals surface area contributed by atoms with Crippen LogP contribution in [0.5, 0.6) is 0 Å². The molecule has 3 N–H and O–H groups in total. The van der Waals surface area contributed by atoms with Crippen LogP contribution < -0.4 is 11.1 Å². The Bertz CT molecular complexity index is 393. The minimum Gasteiger partial charge on any atom is -0.315 e. The molecule has 3 aliphatic rings. The third-order valence-corrected chi connectivity index (χ3v) is 6.08. The van der Waals surface area contributed by atoms with E-state index in [0.717, 1.165) is 18.4 Å². The predicted molar refractivity (Wildman–Crippen MR) is 94.5 cm³/mol. The van der Waals surface area contributed by atoms with Gasteiger partial charge in [0.2, 0.25) is 0 Å². The number of rotatable bonds is 5. The van der Waals surface area contributed by atoms with Crippen LogP contribution in [0.3, 0.4) is 0 Å². The Morgan fingerprint density at radius 2 is 1.95 bits per heavy atom. The molecule has 0 aromatic rings. The maximum atomic E-state index is 6.33. The Hall–Kier alpha value is -0.600. The SMILES string of the molecule is NC(NCC1CC=C(C2CCCCC2)CC1)[C@@H]1C=CCCC1. The van der Waals surface area contributed by atoms with Gasteiger partial charge in [0, 0.05) is 5.92 Å². The quantitative estimate of drug-likeness (QED) is 0.578. The summed E-state index contributed by atoms with van der Waals surface area (Å²) in [5.41, 5.74) is 8.12. The molecule has 0 spiro atoms. The van der Waals surface area contributed by atoms with Crippen molar-refractivity contribution in [2.24, 2.45) is 23.5 Å². The van der Waals surface area contributed by atoms with Gasteiger partial charge in [-0.05, 0) is 69.7 Å². The Balaban J connectivity index is 1.40. The molecule has 3 aliphatic carbocycles. The molecule has 0 bridgehead atoms. The van der Waals surface area contributed by atoms with E-state index in [1.165, 1.54) is 70.6 Å². The second kappa shape index (κ2) is 8.31. The molecule has 0 heterocycles. The molecule has 2 heteroatoms. The van der Waals surface area contributed by atoms with E-state index in [1.54, 1.807) is 5.57 Å². The molecule has 0 amide bonds. The fourth-order valence-corrected chi connectivity index (χ4v) is 4.53. The van der Waals surface area contributed by atoms with Gasteiger partial charge in [-0.15, -0.1) is 0 Å². The molecule has 2 nitrogen and oxygen atoms in total. The van der Waals surface area contributed by atoms with Gasteiger partial charge in [0.1, 0.15) is 0 Å². The summed E-state index contributed by atoms with van der Waals surface area (Å²) < 4.78 is 0. The summed E-state index contributed by atoms with van der Waals surface area (Å²) in [6.45, 7) is 1.10. The highest BCUT2D eigenvalue weighted by Crippen LogP contribution is 2.36. The van der Waals surface area contributed by atoms with Crippen molar-refractivity contribution in [3.8, 4) is 0 Å².